The summed E-state index contributed by atoms with van der Waals surface area (Å²) in [4.78, 5) is 11.8. The lowest BCUT2D eigenvalue weighted by molar-refractivity contribution is 0.0505. The first-order valence-corrected chi connectivity index (χ1v) is 7.54. The molecular formula is C16H24N2O2. The second-order valence-corrected chi connectivity index (χ2v) is 5.42. The second-order valence-electron chi connectivity index (χ2n) is 5.42. The molecule has 1 aliphatic carbocycles. The summed E-state index contributed by atoms with van der Waals surface area (Å²) in [6.45, 7) is 2.42. The predicted molar refractivity (Wildman–Crippen MR) is 81.9 cm³/mol. The van der Waals surface area contributed by atoms with Gasteiger partial charge >= 0.3 is 5.97 Å². The number of ether oxygens (including phenoxy) is 1. The zero-order valence-electron chi connectivity index (χ0n) is 12.2. The molecule has 110 valence electrons. The van der Waals surface area contributed by atoms with E-state index in [9.17, 15) is 4.79 Å². The Bertz CT molecular complexity index is 454. The standard InChI is InChI=1S/C16H24N2O2/c1-2-10-20-16(19)12-8-9-15(14(17)11-12)18-13-6-4-3-5-7-13/h8-9,11,13,18H,2-7,10,17H2,1H3. The normalized spacial score (nSPS) is 15.8. The minimum atomic E-state index is -0.303. The number of anilines is 2. The van der Waals surface area contributed by atoms with Crippen molar-refractivity contribution in [2.45, 2.75) is 51.5 Å². The lowest BCUT2D eigenvalue weighted by atomic mass is 9.95. The molecule has 0 radical (unpaired) electrons. The molecule has 1 fully saturated rings. The summed E-state index contributed by atoms with van der Waals surface area (Å²) in [7, 11) is 0. The molecule has 4 heteroatoms. The number of hydrogen-bond donors (Lipinski definition) is 2. The van der Waals surface area contributed by atoms with Crippen molar-refractivity contribution in [2.75, 3.05) is 17.7 Å². The Labute approximate surface area is 120 Å². The zero-order chi connectivity index (χ0) is 14.4. The van der Waals surface area contributed by atoms with E-state index in [1.165, 1.54) is 32.1 Å². The highest BCUT2D eigenvalue weighted by Gasteiger charge is 2.15. The van der Waals surface area contributed by atoms with Crippen molar-refractivity contribution in [2.24, 2.45) is 0 Å². The minimum absolute atomic E-state index is 0.303. The van der Waals surface area contributed by atoms with Crippen molar-refractivity contribution < 1.29 is 9.53 Å². The number of benzene rings is 1. The molecule has 2 rings (SSSR count). The number of nitrogens with two attached hydrogens (primary N) is 1. The SMILES string of the molecule is CCCOC(=O)c1ccc(NC2CCCCC2)c(N)c1. The third kappa shape index (κ3) is 3.89. The molecule has 4 nitrogen and oxygen atoms in total. The van der Waals surface area contributed by atoms with E-state index >= 15 is 0 Å². The van der Waals surface area contributed by atoms with Gasteiger partial charge in [-0.25, -0.2) is 4.79 Å². The maximum Gasteiger partial charge on any atom is 0.338 e. The summed E-state index contributed by atoms with van der Waals surface area (Å²) in [6, 6.07) is 5.86. The number of nitrogen functional groups attached to an aromatic ring is 1. The van der Waals surface area contributed by atoms with E-state index in [4.69, 9.17) is 10.5 Å². The summed E-state index contributed by atoms with van der Waals surface area (Å²) in [5.74, 6) is -0.303. The average molecular weight is 276 g/mol. The van der Waals surface area contributed by atoms with Gasteiger partial charge in [0, 0.05) is 6.04 Å². The number of hydrogen-bond acceptors (Lipinski definition) is 4. The van der Waals surface area contributed by atoms with Crippen LogP contribution in [-0.2, 0) is 4.74 Å². The summed E-state index contributed by atoms with van der Waals surface area (Å²) >= 11 is 0. The predicted octanol–water partition coefficient (Wildman–Crippen LogP) is 3.58. The minimum Gasteiger partial charge on any atom is -0.462 e. The van der Waals surface area contributed by atoms with Gasteiger partial charge in [0.15, 0.2) is 0 Å². The van der Waals surface area contributed by atoms with Gasteiger partial charge in [-0.3, -0.25) is 0 Å². The van der Waals surface area contributed by atoms with E-state index in [2.05, 4.69) is 5.32 Å². The van der Waals surface area contributed by atoms with Crippen LogP contribution in [0, 0.1) is 0 Å². The van der Waals surface area contributed by atoms with Crippen LogP contribution in [0.5, 0.6) is 0 Å². The van der Waals surface area contributed by atoms with Crippen molar-refractivity contribution in [3.05, 3.63) is 23.8 Å². The molecule has 0 heterocycles. The van der Waals surface area contributed by atoms with Gasteiger partial charge in [-0.1, -0.05) is 26.2 Å². The van der Waals surface area contributed by atoms with Gasteiger partial charge in [0.05, 0.1) is 23.5 Å². The summed E-state index contributed by atoms with van der Waals surface area (Å²) in [5, 5.41) is 3.48. The molecule has 3 N–H and O–H groups in total. The van der Waals surface area contributed by atoms with Crippen molar-refractivity contribution in [3.63, 3.8) is 0 Å². The maximum atomic E-state index is 11.8. The van der Waals surface area contributed by atoms with E-state index in [1.54, 1.807) is 12.1 Å². The zero-order valence-corrected chi connectivity index (χ0v) is 12.2. The van der Waals surface area contributed by atoms with Crippen molar-refractivity contribution in [1.82, 2.24) is 0 Å². The van der Waals surface area contributed by atoms with E-state index in [0.717, 1.165) is 12.1 Å². The van der Waals surface area contributed by atoms with Gasteiger partial charge in [-0.15, -0.1) is 0 Å². The van der Waals surface area contributed by atoms with Crippen LogP contribution in [0.15, 0.2) is 18.2 Å². The molecule has 0 aromatic heterocycles. The quantitative estimate of drug-likeness (QED) is 0.637. The Morgan fingerprint density at radius 2 is 2.10 bits per heavy atom. The first-order valence-electron chi connectivity index (χ1n) is 7.54. The summed E-state index contributed by atoms with van der Waals surface area (Å²) in [6.07, 6.45) is 7.09. The molecular weight excluding hydrogens is 252 g/mol. The molecule has 20 heavy (non-hydrogen) atoms. The maximum absolute atomic E-state index is 11.8. The number of carbonyl (C=O) groups is 1. The molecule has 0 unspecified atom stereocenters. The summed E-state index contributed by atoms with van der Waals surface area (Å²) < 4.78 is 5.11. The Kier molecular flexibility index (Phi) is 5.27. The fraction of sp³-hybridized carbons (Fsp3) is 0.562. The number of esters is 1. The van der Waals surface area contributed by atoms with Gasteiger partial charge in [0.25, 0.3) is 0 Å². The molecule has 0 aliphatic heterocycles. The first-order chi connectivity index (χ1) is 9.70. The molecule has 1 aliphatic rings. The second kappa shape index (κ2) is 7.17. The van der Waals surface area contributed by atoms with Gasteiger partial charge in [-0.05, 0) is 37.5 Å². The van der Waals surface area contributed by atoms with Crippen LogP contribution in [0.25, 0.3) is 0 Å². The average Bonchev–Trinajstić information content (AvgIpc) is 2.48. The molecule has 1 aromatic carbocycles. The molecule has 0 saturated heterocycles. The van der Waals surface area contributed by atoms with Crippen LogP contribution < -0.4 is 11.1 Å². The summed E-state index contributed by atoms with van der Waals surface area (Å²) in [5.41, 5.74) is 8.09. The molecule has 0 spiro atoms. The molecule has 0 atom stereocenters. The number of rotatable bonds is 5. The largest absolute Gasteiger partial charge is 0.462 e. The molecule has 0 amide bonds. The monoisotopic (exact) mass is 276 g/mol. The van der Waals surface area contributed by atoms with Gasteiger partial charge in [0.1, 0.15) is 0 Å². The number of nitrogens with one attached hydrogen (secondary N) is 1. The highest BCUT2D eigenvalue weighted by atomic mass is 16.5. The highest BCUT2D eigenvalue weighted by molar-refractivity contribution is 5.92. The van der Waals surface area contributed by atoms with E-state index in [0.29, 0.717) is 23.9 Å². The van der Waals surface area contributed by atoms with Crippen LogP contribution in [-0.4, -0.2) is 18.6 Å². The van der Waals surface area contributed by atoms with Crippen molar-refractivity contribution in [1.29, 1.82) is 0 Å². The van der Waals surface area contributed by atoms with E-state index in [-0.39, 0.29) is 5.97 Å². The van der Waals surface area contributed by atoms with E-state index < -0.39 is 0 Å². The fourth-order valence-electron chi connectivity index (χ4n) is 2.57. The van der Waals surface area contributed by atoms with Crippen LogP contribution in [0.3, 0.4) is 0 Å². The third-order valence-corrected chi connectivity index (χ3v) is 3.69. The number of carbonyl (C=O) groups excluding carboxylic acids is 1. The Hall–Kier alpha value is -1.71. The van der Waals surface area contributed by atoms with Gasteiger partial charge in [0.2, 0.25) is 0 Å². The van der Waals surface area contributed by atoms with Crippen LogP contribution in [0.4, 0.5) is 11.4 Å². The lowest BCUT2D eigenvalue weighted by Crippen LogP contribution is -2.22. The van der Waals surface area contributed by atoms with Crippen LogP contribution >= 0.6 is 0 Å². The Morgan fingerprint density at radius 3 is 2.75 bits per heavy atom. The fourth-order valence-corrected chi connectivity index (χ4v) is 2.57. The van der Waals surface area contributed by atoms with Crippen molar-refractivity contribution >= 4 is 17.3 Å². The van der Waals surface area contributed by atoms with Gasteiger partial charge in [-0.2, -0.15) is 0 Å². The Morgan fingerprint density at radius 1 is 1.35 bits per heavy atom. The van der Waals surface area contributed by atoms with Crippen molar-refractivity contribution in [3.8, 4) is 0 Å². The third-order valence-electron chi connectivity index (χ3n) is 3.69. The molecule has 1 aromatic rings. The molecule has 1 saturated carbocycles. The Balaban J connectivity index is 1.99. The molecule has 0 bridgehead atoms. The highest BCUT2D eigenvalue weighted by Crippen LogP contribution is 2.26. The van der Waals surface area contributed by atoms with E-state index in [1.807, 2.05) is 13.0 Å². The lowest BCUT2D eigenvalue weighted by Gasteiger charge is -2.24. The van der Waals surface area contributed by atoms with Crippen LogP contribution in [0.1, 0.15) is 55.8 Å². The topological polar surface area (TPSA) is 64.3 Å². The first kappa shape index (κ1) is 14.7. The van der Waals surface area contributed by atoms with Crippen LogP contribution in [0.2, 0.25) is 0 Å². The smallest absolute Gasteiger partial charge is 0.338 e. The van der Waals surface area contributed by atoms with Gasteiger partial charge < -0.3 is 15.8 Å².